The molecule has 1 amide bonds. The van der Waals surface area contributed by atoms with Gasteiger partial charge in [0.15, 0.2) is 0 Å². The lowest BCUT2D eigenvalue weighted by Crippen LogP contribution is -2.16. The van der Waals surface area contributed by atoms with Crippen LogP contribution in [0.2, 0.25) is 0 Å². The molecule has 3 aromatic carbocycles. The topological polar surface area (TPSA) is 78.3 Å². The number of hydrogen-bond acceptors (Lipinski definition) is 3. The van der Waals surface area contributed by atoms with Crippen molar-refractivity contribution in [3.05, 3.63) is 86.5 Å². The zero-order chi connectivity index (χ0) is 19.6. The van der Waals surface area contributed by atoms with Crippen molar-refractivity contribution in [2.24, 2.45) is 5.73 Å². The average Bonchev–Trinajstić information content (AvgIpc) is 2.56. The van der Waals surface area contributed by atoms with Crippen LogP contribution in [0.4, 0.5) is 14.5 Å². The summed E-state index contributed by atoms with van der Waals surface area (Å²) in [7, 11) is 0. The number of rotatable bonds is 5. The normalized spacial score (nSPS) is 10.6. The Hall–Kier alpha value is -2.68. The van der Waals surface area contributed by atoms with Crippen LogP contribution in [0.3, 0.4) is 0 Å². The third-order valence-corrected chi connectivity index (χ3v) is 4.55. The van der Waals surface area contributed by atoms with Crippen molar-refractivity contribution in [1.29, 1.82) is 0 Å². The smallest absolute Gasteiger partial charge is 0.252 e. The Kier molecular flexibility index (Phi) is 5.59. The van der Waals surface area contributed by atoms with Crippen molar-refractivity contribution in [3.63, 3.8) is 0 Å². The third-order valence-electron chi connectivity index (χ3n) is 3.88. The molecule has 0 bridgehead atoms. The number of hydrogen-bond donors (Lipinski definition) is 2. The molecule has 0 spiro atoms. The number of halogens is 3. The zero-order valence-electron chi connectivity index (χ0n) is 14.0. The summed E-state index contributed by atoms with van der Waals surface area (Å²) in [6.07, 6.45) is -0.00786. The number of carbonyl (C=O) groups is 1. The first-order valence-corrected chi connectivity index (χ1v) is 9.01. The molecule has 0 aromatic heterocycles. The fraction of sp³-hybridized carbons (Fsp3) is 0.0500. The molecule has 0 radical (unpaired) electrons. The molecule has 4 nitrogen and oxygen atoms in total. The molecule has 7 heteroatoms. The van der Waals surface area contributed by atoms with Crippen LogP contribution >= 0.6 is 22.6 Å². The SMILES string of the molecule is NC(=O)c1c(Cc2ccc(I)cc2F)cc(F)cc1Oc1cccc(N)c1. The van der Waals surface area contributed by atoms with Gasteiger partial charge in [-0.1, -0.05) is 12.1 Å². The van der Waals surface area contributed by atoms with Gasteiger partial charge >= 0.3 is 0 Å². The van der Waals surface area contributed by atoms with Crippen LogP contribution in [0, 0.1) is 15.2 Å². The van der Waals surface area contributed by atoms with E-state index in [9.17, 15) is 13.6 Å². The molecular formula is C20H15F2IN2O2. The van der Waals surface area contributed by atoms with Gasteiger partial charge in [-0.05, 0) is 64.0 Å². The molecule has 0 unspecified atom stereocenters. The van der Waals surface area contributed by atoms with Crippen molar-refractivity contribution in [2.45, 2.75) is 6.42 Å². The predicted molar refractivity (Wildman–Crippen MR) is 108 cm³/mol. The van der Waals surface area contributed by atoms with E-state index in [0.717, 1.165) is 15.7 Å². The van der Waals surface area contributed by atoms with Crippen LogP contribution < -0.4 is 16.2 Å². The number of ether oxygens (including phenoxy) is 1. The summed E-state index contributed by atoms with van der Waals surface area (Å²) in [5.41, 5.74) is 12.2. The highest BCUT2D eigenvalue weighted by Gasteiger charge is 2.19. The van der Waals surface area contributed by atoms with E-state index >= 15 is 0 Å². The Balaban J connectivity index is 2.06. The first-order chi connectivity index (χ1) is 12.8. The first kappa shape index (κ1) is 19.1. The Morgan fingerprint density at radius 1 is 1.04 bits per heavy atom. The quantitative estimate of drug-likeness (QED) is 0.413. The molecule has 0 aliphatic carbocycles. The monoisotopic (exact) mass is 480 g/mol. The van der Waals surface area contributed by atoms with Gasteiger partial charge in [-0.15, -0.1) is 0 Å². The molecule has 0 saturated heterocycles. The molecule has 0 fully saturated rings. The van der Waals surface area contributed by atoms with Gasteiger partial charge in [-0.2, -0.15) is 0 Å². The van der Waals surface area contributed by atoms with Gasteiger partial charge in [0.25, 0.3) is 5.91 Å². The van der Waals surface area contributed by atoms with Crippen LogP contribution in [0.25, 0.3) is 0 Å². The third kappa shape index (κ3) is 4.54. The Morgan fingerprint density at radius 3 is 2.48 bits per heavy atom. The van der Waals surface area contributed by atoms with Crippen LogP contribution in [-0.4, -0.2) is 5.91 Å². The second-order valence-corrected chi connectivity index (χ2v) is 7.13. The summed E-state index contributed by atoms with van der Waals surface area (Å²) in [5, 5.41) is 0. The van der Waals surface area contributed by atoms with Crippen molar-refractivity contribution in [2.75, 3.05) is 5.73 Å². The van der Waals surface area contributed by atoms with Crippen LogP contribution in [0.15, 0.2) is 54.6 Å². The summed E-state index contributed by atoms with van der Waals surface area (Å²) in [6, 6.07) is 13.4. The highest BCUT2D eigenvalue weighted by molar-refractivity contribution is 14.1. The van der Waals surface area contributed by atoms with Gasteiger partial charge in [-0.25, -0.2) is 8.78 Å². The van der Waals surface area contributed by atoms with Crippen molar-refractivity contribution in [1.82, 2.24) is 0 Å². The van der Waals surface area contributed by atoms with Gasteiger partial charge in [0, 0.05) is 27.8 Å². The van der Waals surface area contributed by atoms with Crippen molar-refractivity contribution < 1.29 is 18.3 Å². The van der Waals surface area contributed by atoms with E-state index in [1.165, 1.54) is 12.1 Å². The second-order valence-electron chi connectivity index (χ2n) is 5.89. The summed E-state index contributed by atoms with van der Waals surface area (Å²) in [5.74, 6) is -1.59. The largest absolute Gasteiger partial charge is 0.456 e. The van der Waals surface area contributed by atoms with Crippen LogP contribution in [0.1, 0.15) is 21.5 Å². The summed E-state index contributed by atoms with van der Waals surface area (Å²) < 4.78 is 34.7. The van der Waals surface area contributed by atoms with Crippen molar-refractivity contribution >= 4 is 34.2 Å². The lowest BCUT2D eigenvalue weighted by Gasteiger charge is -2.14. The second kappa shape index (κ2) is 7.91. The zero-order valence-corrected chi connectivity index (χ0v) is 16.2. The average molecular weight is 480 g/mol. The molecular weight excluding hydrogens is 465 g/mol. The Labute approximate surface area is 168 Å². The highest BCUT2D eigenvalue weighted by atomic mass is 127. The summed E-state index contributed by atoms with van der Waals surface area (Å²) >= 11 is 1.99. The molecule has 4 N–H and O–H groups in total. The molecule has 27 heavy (non-hydrogen) atoms. The minimum atomic E-state index is -0.796. The number of benzene rings is 3. The first-order valence-electron chi connectivity index (χ1n) is 7.93. The van der Waals surface area contributed by atoms with Gasteiger partial charge in [0.2, 0.25) is 0 Å². The predicted octanol–water partition coefficient (Wildman–Crippen LogP) is 4.63. The number of primary amides is 1. The van der Waals surface area contributed by atoms with Crippen LogP contribution in [-0.2, 0) is 6.42 Å². The molecule has 0 aliphatic heterocycles. The summed E-state index contributed by atoms with van der Waals surface area (Å²) in [4.78, 5) is 12.0. The van der Waals surface area contributed by atoms with E-state index in [-0.39, 0.29) is 23.3 Å². The number of amides is 1. The molecule has 138 valence electrons. The molecule has 0 heterocycles. The molecule has 0 saturated carbocycles. The summed E-state index contributed by atoms with van der Waals surface area (Å²) in [6.45, 7) is 0. The fourth-order valence-corrected chi connectivity index (χ4v) is 3.16. The number of anilines is 1. The minimum absolute atomic E-state index is 0.00299. The van der Waals surface area contributed by atoms with E-state index in [1.54, 1.807) is 30.3 Å². The maximum Gasteiger partial charge on any atom is 0.252 e. The van der Waals surface area contributed by atoms with E-state index in [2.05, 4.69) is 0 Å². The van der Waals surface area contributed by atoms with E-state index in [0.29, 0.717) is 17.0 Å². The maximum absolute atomic E-state index is 14.2. The lowest BCUT2D eigenvalue weighted by atomic mass is 9.98. The standard InChI is InChI=1S/C20H15F2IN2O2/c21-13-7-12(6-11-4-5-14(23)9-17(11)22)19(20(25)26)18(8-13)27-16-3-1-2-15(24)10-16/h1-5,7-10H,6,24H2,(H2,25,26). The Morgan fingerprint density at radius 2 is 1.81 bits per heavy atom. The number of nitrogens with two attached hydrogens (primary N) is 2. The van der Waals surface area contributed by atoms with Gasteiger partial charge in [-0.3, -0.25) is 4.79 Å². The molecule has 3 rings (SSSR count). The van der Waals surface area contributed by atoms with Gasteiger partial charge < -0.3 is 16.2 Å². The van der Waals surface area contributed by atoms with E-state index < -0.39 is 17.5 Å². The van der Waals surface area contributed by atoms with Crippen molar-refractivity contribution in [3.8, 4) is 11.5 Å². The molecule has 0 atom stereocenters. The maximum atomic E-state index is 14.2. The number of nitrogen functional groups attached to an aromatic ring is 1. The number of carbonyl (C=O) groups excluding carboxylic acids is 1. The molecule has 3 aromatic rings. The van der Waals surface area contributed by atoms with Crippen LogP contribution in [0.5, 0.6) is 11.5 Å². The highest BCUT2D eigenvalue weighted by Crippen LogP contribution is 2.31. The minimum Gasteiger partial charge on any atom is -0.456 e. The Bertz CT molecular complexity index is 1020. The van der Waals surface area contributed by atoms with Gasteiger partial charge in [0.1, 0.15) is 23.1 Å². The van der Waals surface area contributed by atoms with E-state index in [4.69, 9.17) is 16.2 Å². The molecule has 0 aliphatic rings. The lowest BCUT2D eigenvalue weighted by molar-refractivity contribution is 0.0997. The fourth-order valence-electron chi connectivity index (χ4n) is 2.71. The van der Waals surface area contributed by atoms with E-state index in [1.807, 2.05) is 22.6 Å². The van der Waals surface area contributed by atoms with Gasteiger partial charge in [0.05, 0.1) is 5.56 Å².